The maximum atomic E-state index is 11.5. The zero-order valence-corrected chi connectivity index (χ0v) is 13.0. The normalized spacial score (nSPS) is 14.1. The highest BCUT2D eigenvalue weighted by atomic mass is 16.2. The molecule has 20 heavy (non-hydrogen) atoms. The Morgan fingerprint density at radius 2 is 1.85 bits per heavy atom. The topological polar surface area (TPSA) is 58.4 Å². The number of benzene rings is 1. The summed E-state index contributed by atoms with van der Waals surface area (Å²) in [6.45, 7) is 10.5. The summed E-state index contributed by atoms with van der Waals surface area (Å²) in [5, 5.41) is 0. The molecule has 0 saturated heterocycles. The average molecular weight is 277 g/mol. The van der Waals surface area contributed by atoms with E-state index in [1.165, 1.54) is 5.56 Å². The van der Waals surface area contributed by atoms with Gasteiger partial charge in [-0.1, -0.05) is 38.1 Å². The maximum absolute atomic E-state index is 11.5. The zero-order chi connectivity index (χ0) is 15.1. The number of carbonyl (C=O) groups excluding carboxylic acids is 1. The zero-order valence-electron chi connectivity index (χ0n) is 13.0. The number of nitrogens with one attached hydrogen (secondary N) is 1. The highest BCUT2D eigenvalue weighted by Gasteiger charge is 2.14. The van der Waals surface area contributed by atoms with Gasteiger partial charge in [0.2, 0.25) is 5.91 Å². The molecule has 4 heteroatoms. The van der Waals surface area contributed by atoms with Crippen molar-refractivity contribution < 1.29 is 4.79 Å². The molecule has 0 aromatic heterocycles. The van der Waals surface area contributed by atoms with E-state index < -0.39 is 0 Å². The van der Waals surface area contributed by atoms with Crippen LogP contribution < -0.4 is 11.3 Å². The highest BCUT2D eigenvalue weighted by molar-refractivity contribution is 5.82. The molecule has 0 aliphatic carbocycles. The van der Waals surface area contributed by atoms with Gasteiger partial charge in [0.15, 0.2) is 0 Å². The molecule has 0 fully saturated rings. The van der Waals surface area contributed by atoms with Gasteiger partial charge in [0.25, 0.3) is 0 Å². The first-order chi connectivity index (χ1) is 9.53. The van der Waals surface area contributed by atoms with E-state index in [0.29, 0.717) is 6.04 Å². The second-order valence-corrected chi connectivity index (χ2v) is 5.29. The van der Waals surface area contributed by atoms with Crippen LogP contribution >= 0.6 is 0 Å². The molecule has 112 valence electrons. The van der Waals surface area contributed by atoms with Crippen molar-refractivity contribution in [2.75, 3.05) is 6.54 Å². The molecule has 2 unspecified atom stereocenters. The summed E-state index contributed by atoms with van der Waals surface area (Å²) < 4.78 is 0. The fourth-order valence-electron chi connectivity index (χ4n) is 2.26. The van der Waals surface area contributed by atoms with Crippen molar-refractivity contribution in [1.82, 2.24) is 10.3 Å². The van der Waals surface area contributed by atoms with Crippen molar-refractivity contribution in [3.05, 3.63) is 35.4 Å². The van der Waals surface area contributed by atoms with E-state index in [9.17, 15) is 4.79 Å². The summed E-state index contributed by atoms with van der Waals surface area (Å²) in [6, 6.07) is 8.81. The third-order valence-corrected chi connectivity index (χ3v) is 4.02. The summed E-state index contributed by atoms with van der Waals surface area (Å²) in [6.07, 6.45) is 1.15. The van der Waals surface area contributed by atoms with Crippen LogP contribution in [0.1, 0.15) is 51.2 Å². The smallest absolute Gasteiger partial charge is 0.241 e. The molecule has 2 atom stereocenters. The van der Waals surface area contributed by atoms with Crippen LogP contribution in [0.5, 0.6) is 0 Å². The van der Waals surface area contributed by atoms with Crippen molar-refractivity contribution in [1.29, 1.82) is 0 Å². The molecule has 0 radical (unpaired) electrons. The van der Waals surface area contributed by atoms with E-state index in [-0.39, 0.29) is 11.8 Å². The van der Waals surface area contributed by atoms with Gasteiger partial charge >= 0.3 is 0 Å². The first kappa shape index (κ1) is 16.7. The van der Waals surface area contributed by atoms with Crippen molar-refractivity contribution in [2.45, 2.75) is 52.6 Å². The molecule has 1 rings (SSSR count). The number of nitrogens with two attached hydrogens (primary N) is 1. The minimum Gasteiger partial charge on any atom is -0.297 e. The lowest BCUT2D eigenvalue weighted by Gasteiger charge is -2.27. The first-order valence-electron chi connectivity index (χ1n) is 7.36. The molecular formula is C16H27N3O. The van der Waals surface area contributed by atoms with Crippen LogP contribution in [0.2, 0.25) is 0 Å². The van der Waals surface area contributed by atoms with Gasteiger partial charge in [-0.2, -0.15) is 0 Å². The van der Waals surface area contributed by atoms with E-state index in [2.05, 4.69) is 43.2 Å². The molecule has 0 aliphatic heterocycles. The molecule has 1 aromatic rings. The number of amides is 1. The Labute approximate surface area is 122 Å². The summed E-state index contributed by atoms with van der Waals surface area (Å²) in [5.74, 6) is 4.79. The SMILES string of the molecule is CCC(C)N(CC)Cc1ccc(C(C)C(=O)NN)cc1. The highest BCUT2D eigenvalue weighted by Crippen LogP contribution is 2.17. The Kier molecular flexibility index (Phi) is 6.68. The van der Waals surface area contributed by atoms with Gasteiger partial charge < -0.3 is 0 Å². The Morgan fingerprint density at radius 1 is 1.25 bits per heavy atom. The van der Waals surface area contributed by atoms with Crippen LogP contribution in [0.4, 0.5) is 0 Å². The summed E-state index contributed by atoms with van der Waals surface area (Å²) in [7, 11) is 0. The molecular weight excluding hydrogens is 250 g/mol. The fraction of sp³-hybridized carbons (Fsp3) is 0.562. The fourth-order valence-corrected chi connectivity index (χ4v) is 2.26. The van der Waals surface area contributed by atoms with Crippen molar-refractivity contribution in [2.24, 2.45) is 5.84 Å². The van der Waals surface area contributed by atoms with Crippen LogP contribution in [0, 0.1) is 0 Å². The monoisotopic (exact) mass is 277 g/mol. The molecule has 1 aromatic carbocycles. The van der Waals surface area contributed by atoms with Crippen molar-refractivity contribution >= 4 is 5.91 Å². The average Bonchev–Trinajstić information content (AvgIpc) is 2.50. The van der Waals surface area contributed by atoms with Gasteiger partial charge in [-0.05, 0) is 37.9 Å². The Morgan fingerprint density at radius 3 is 2.30 bits per heavy atom. The lowest BCUT2D eigenvalue weighted by molar-refractivity contribution is -0.122. The summed E-state index contributed by atoms with van der Waals surface area (Å²) >= 11 is 0. The number of hydrogen-bond donors (Lipinski definition) is 2. The molecule has 0 heterocycles. The maximum Gasteiger partial charge on any atom is 0.241 e. The van der Waals surface area contributed by atoms with E-state index in [1.54, 1.807) is 0 Å². The molecule has 0 spiro atoms. The standard InChI is InChI=1S/C16H27N3O/c1-5-12(3)19(6-2)11-14-7-9-15(10-8-14)13(4)16(20)18-17/h7-10,12-13H,5-6,11,17H2,1-4H3,(H,18,20). The number of nitrogens with zero attached hydrogens (tertiary/aromatic N) is 1. The molecule has 0 saturated carbocycles. The number of hydrazine groups is 1. The van der Waals surface area contributed by atoms with Gasteiger partial charge in [-0.25, -0.2) is 5.84 Å². The third-order valence-electron chi connectivity index (χ3n) is 4.02. The Bertz CT molecular complexity index is 416. The van der Waals surface area contributed by atoms with Crippen LogP contribution in [0.15, 0.2) is 24.3 Å². The molecule has 3 N–H and O–H groups in total. The number of hydrogen-bond acceptors (Lipinski definition) is 3. The molecule has 0 aliphatic rings. The van der Waals surface area contributed by atoms with Gasteiger partial charge in [0.05, 0.1) is 5.92 Å². The van der Waals surface area contributed by atoms with E-state index >= 15 is 0 Å². The van der Waals surface area contributed by atoms with E-state index in [1.807, 2.05) is 19.1 Å². The van der Waals surface area contributed by atoms with Crippen LogP contribution in [0.25, 0.3) is 0 Å². The number of rotatable bonds is 7. The predicted molar refractivity (Wildman–Crippen MR) is 83.0 cm³/mol. The van der Waals surface area contributed by atoms with Crippen LogP contribution in [0.3, 0.4) is 0 Å². The Balaban J connectivity index is 2.73. The van der Waals surface area contributed by atoms with E-state index in [4.69, 9.17) is 5.84 Å². The summed E-state index contributed by atoms with van der Waals surface area (Å²) in [4.78, 5) is 14.0. The first-order valence-corrected chi connectivity index (χ1v) is 7.36. The van der Waals surface area contributed by atoms with Gasteiger partial charge in [0, 0.05) is 12.6 Å². The van der Waals surface area contributed by atoms with Crippen LogP contribution in [-0.2, 0) is 11.3 Å². The van der Waals surface area contributed by atoms with Crippen molar-refractivity contribution in [3.8, 4) is 0 Å². The molecule has 4 nitrogen and oxygen atoms in total. The minimum atomic E-state index is -0.217. The Hall–Kier alpha value is -1.39. The third kappa shape index (κ3) is 4.32. The largest absolute Gasteiger partial charge is 0.297 e. The lowest BCUT2D eigenvalue weighted by Crippen LogP contribution is -2.33. The molecule has 0 bridgehead atoms. The number of carbonyl (C=O) groups is 1. The van der Waals surface area contributed by atoms with Gasteiger partial charge in [-0.3, -0.25) is 15.1 Å². The van der Waals surface area contributed by atoms with Gasteiger partial charge in [0.1, 0.15) is 0 Å². The lowest BCUT2D eigenvalue weighted by atomic mass is 9.99. The molecule has 1 amide bonds. The second-order valence-electron chi connectivity index (χ2n) is 5.29. The minimum absolute atomic E-state index is 0.160. The second kappa shape index (κ2) is 8.02. The predicted octanol–water partition coefficient (Wildman–Crippen LogP) is 2.40. The van der Waals surface area contributed by atoms with E-state index in [0.717, 1.165) is 25.1 Å². The van der Waals surface area contributed by atoms with Gasteiger partial charge in [-0.15, -0.1) is 0 Å². The summed E-state index contributed by atoms with van der Waals surface area (Å²) in [5.41, 5.74) is 4.46. The quantitative estimate of drug-likeness (QED) is 0.457. The van der Waals surface area contributed by atoms with Crippen molar-refractivity contribution in [3.63, 3.8) is 0 Å². The van der Waals surface area contributed by atoms with Crippen LogP contribution in [-0.4, -0.2) is 23.4 Å².